The Morgan fingerprint density at radius 3 is 2.83 bits per heavy atom. The lowest BCUT2D eigenvalue weighted by atomic mass is 10.6. The van der Waals surface area contributed by atoms with E-state index in [1.54, 1.807) is 11.8 Å². The molecule has 1 aromatic rings. The Hall–Kier alpha value is -0.810. The highest BCUT2D eigenvalue weighted by molar-refractivity contribution is 7.99. The van der Waals surface area contributed by atoms with Crippen LogP contribution in [0, 0.1) is 0 Å². The minimum Gasteiger partial charge on any atom is -0.308 e. The molecule has 3 N–H and O–H groups in total. The maximum atomic E-state index is 5.20. The van der Waals surface area contributed by atoms with Crippen LogP contribution in [0.4, 0.5) is 5.82 Å². The molecule has 0 saturated heterocycles. The van der Waals surface area contributed by atoms with Gasteiger partial charge in [-0.15, -0.1) is 11.8 Å². The molecule has 0 saturated carbocycles. The molecule has 0 aliphatic rings. The van der Waals surface area contributed by atoms with Gasteiger partial charge in [-0.1, -0.05) is 13.8 Å². The normalized spacial score (nSPS) is 10.3. The van der Waals surface area contributed by atoms with Gasteiger partial charge in [0.2, 0.25) is 0 Å². The molecule has 0 fully saturated rings. The van der Waals surface area contributed by atoms with E-state index in [2.05, 4.69) is 29.2 Å². The SMILES string of the molecule is CC(C)Sc1cc(NN)ncn1. The number of thioether (sulfide) groups is 1. The molecule has 0 unspecified atom stereocenters. The van der Waals surface area contributed by atoms with Crippen molar-refractivity contribution in [2.24, 2.45) is 5.84 Å². The van der Waals surface area contributed by atoms with E-state index in [0.29, 0.717) is 11.1 Å². The summed E-state index contributed by atoms with van der Waals surface area (Å²) in [6.45, 7) is 4.23. The second-order valence-corrected chi connectivity index (χ2v) is 4.15. The van der Waals surface area contributed by atoms with E-state index in [0.717, 1.165) is 5.03 Å². The molecule has 0 aliphatic carbocycles. The lowest BCUT2D eigenvalue weighted by molar-refractivity contribution is 1.02. The molecule has 0 radical (unpaired) electrons. The van der Waals surface area contributed by atoms with Crippen molar-refractivity contribution in [2.45, 2.75) is 24.1 Å². The van der Waals surface area contributed by atoms with Crippen LogP contribution in [0.25, 0.3) is 0 Å². The highest BCUT2D eigenvalue weighted by Crippen LogP contribution is 2.21. The third-order valence-corrected chi connectivity index (χ3v) is 2.08. The molecule has 1 aromatic heterocycles. The van der Waals surface area contributed by atoms with E-state index in [1.807, 2.05) is 6.07 Å². The van der Waals surface area contributed by atoms with Gasteiger partial charge in [-0.3, -0.25) is 0 Å². The number of nitrogen functional groups attached to an aromatic ring is 1. The average Bonchev–Trinajstić information content (AvgIpc) is 2.03. The second kappa shape index (κ2) is 4.27. The van der Waals surface area contributed by atoms with E-state index in [1.165, 1.54) is 6.33 Å². The van der Waals surface area contributed by atoms with E-state index in [4.69, 9.17) is 5.84 Å². The van der Waals surface area contributed by atoms with Crippen LogP contribution in [0.15, 0.2) is 17.4 Å². The molecule has 0 amide bonds. The number of nitrogens with two attached hydrogens (primary N) is 1. The highest BCUT2D eigenvalue weighted by atomic mass is 32.2. The fraction of sp³-hybridized carbons (Fsp3) is 0.429. The van der Waals surface area contributed by atoms with Gasteiger partial charge in [-0.25, -0.2) is 15.8 Å². The minimum atomic E-state index is 0.519. The standard InChI is InChI=1S/C7H12N4S/c1-5(2)12-7-3-6(11-8)9-4-10-7/h3-5H,8H2,1-2H3,(H,9,10,11). The summed E-state index contributed by atoms with van der Waals surface area (Å²) in [5.41, 5.74) is 2.48. The molecule has 1 rings (SSSR count). The predicted molar refractivity (Wildman–Crippen MR) is 50.8 cm³/mol. The summed E-state index contributed by atoms with van der Waals surface area (Å²) in [7, 11) is 0. The summed E-state index contributed by atoms with van der Waals surface area (Å²) < 4.78 is 0. The molecule has 66 valence electrons. The first-order valence-electron chi connectivity index (χ1n) is 3.67. The molecular formula is C7H12N4S. The van der Waals surface area contributed by atoms with Crippen molar-refractivity contribution in [3.05, 3.63) is 12.4 Å². The first-order chi connectivity index (χ1) is 5.72. The van der Waals surface area contributed by atoms with Crippen molar-refractivity contribution in [3.8, 4) is 0 Å². The number of hydrogen-bond acceptors (Lipinski definition) is 5. The highest BCUT2D eigenvalue weighted by Gasteiger charge is 2.00. The Morgan fingerprint density at radius 1 is 1.50 bits per heavy atom. The Kier molecular flexibility index (Phi) is 3.31. The molecule has 12 heavy (non-hydrogen) atoms. The summed E-state index contributed by atoms with van der Waals surface area (Å²) >= 11 is 1.68. The van der Waals surface area contributed by atoms with E-state index in [9.17, 15) is 0 Å². The lowest BCUT2D eigenvalue weighted by Crippen LogP contribution is -2.08. The number of aromatic nitrogens is 2. The Balaban J connectivity index is 2.72. The Bertz CT molecular complexity index is 251. The van der Waals surface area contributed by atoms with Gasteiger partial charge in [-0.2, -0.15) is 0 Å². The van der Waals surface area contributed by atoms with Crippen molar-refractivity contribution < 1.29 is 0 Å². The van der Waals surface area contributed by atoms with Crippen molar-refractivity contribution in [1.82, 2.24) is 9.97 Å². The van der Waals surface area contributed by atoms with Gasteiger partial charge in [0.25, 0.3) is 0 Å². The van der Waals surface area contributed by atoms with Crippen LogP contribution in [0.2, 0.25) is 0 Å². The average molecular weight is 184 g/mol. The first kappa shape index (κ1) is 9.28. The number of nitrogens with zero attached hydrogens (tertiary/aromatic N) is 2. The van der Waals surface area contributed by atoms with Crippen LogP contribution in [0.1, 0.15) is 13.8 Å². The zero-order valence-corrected chi connectivity index (χ0v) is 7.93. The zero-order chi connectivity index (χ0) is 8.97. The topological polar surface area (TPSA) is 63.8 Å². The molecule has 0 atom stereocenters. The van der Waals surface area contributed by atoms with Gasteiger partial charge in [0, 0.05) is 11.3 Å². The molecule has 0 spiro atoms. The molecular weight excluding hydrogens is 172 g/mol. The first-order valence-corrected chi connectivity index (χ1v) is 4.55. The second-order valence-electron chi connectivity index (χ2n) is 2.55. The monoisotopic (exact) mass is 184 g/mol. The van der Waals surface area contributed by atoms with Crippen molar-refractivity contribution in [1.29, 1.82) is 0 Å². The number of rotatable bonds is 3. The van der Waals surface area contributed by atoms with Gasteiger partial charge in [-0.05, 0) is 0 Å². The summed E-state index contributed by atoms with van der Waals surface area (Å²) in [4.78, 5) is 7.99. The van der Waals surface area contributed by atoms with Crippen molar-refractivity contribution >= 4 is 17.6 Å². The maximum Gasteiger partial charge on any atom is 0.144 e. The number of nitrogens with one attached hydrogen (secondary N) is 1. The summed E-state index contributed by atoms with van der Waals surface area (Å²) in [6, 6.07) is 1.82. The molecule has 1 heterocycles. The van der Waals surface area contributed by atoms with Crippen LogP contribution < -0.4 is 11.3 Å². The largest absolute Gasteiger partial charge is 0.308 e. The smallest absolute Gasteiger partial charge is 0.144 e. The molecule has 5 heteroatoms. The molecule has 4 nitrogen and oxygen atoms in total. The van der Waals surface area contributed by atoms with Crippen LogP contribution in [-0.2, 0) is 0 Å². The maximum absolute atomic E-state index is 5.20. The molecule has 0 aromatic carbocycles. The van der Waals surface area contributed by atoms with Gasteiger partial charge >= 0.3 is 0 Å². The minimum absolute atomic E-state index is 0.519. The zero-order valence-electron chi connectivity index (χ0n) is 7.11. The van der Waals surface area contributed by atoms with Gasteiger partial charge in [0.05, 0.1) is 0 Å². The van der Waals surface area contributed by atoms with Crippen LogP contribution >= 0.6 is 11.8 Å². The molecule has 0 aliphatic heterocycles. The number of hydrogen-bond donors (Lipinski definition) is 2. The summed E-state index contributed by atoms with van der Waals surface area (Å²) in [5, 5.41) is 1.46. The number of anilines is 1. The van der Waals surface area contributed by atoms with Gasteiger partial charge < -0.3 is 5.43 Å². The third-order valence-electron chi connectivity index (χ3n) is 1.15. The van der Waals surface area contributed by atoms with E-state index >= 15 is 0 Å². The van der Waals surface area contributed by atoms with Crippen LogP contribution in [0.3, 0.4) is 0 Å². The fourth-order valence-corrected chi connectivity index (χ4v) is 1.49. The van der Waals surface area contributed by atoms with Crippen LogP contribution in [-0.4, -0.2) is 15.2 Å². The van der Waals surface area contributed by atoms with Crippen molar-refractivity contribution in [2.75, 3.05) is 5.43 Å². The lowest BCUT2D eigenvalue weighted by Gasteiger charge is -2.04. The molecule has 0 bridgehead atoms. The fourth-order valence-electron chi connectivity index (χ4n) is 0.724. The summed E-state index contributed by atoms with van der Waals surface area (Å²) in [6.07, 6.45) is 1.50. The van der Waals surface area contributed by atoms with Gasteiger partial charge in [0.1, 0.15) is 17.2 Å². The van der Waals surface area contributed by atoms with E-state index < -0.39 is 0 Å². The number of hydrazine groups is 1. The quantitative estimate of drug-likeness (QED) is 0.320. The van der Waals surface area contributed by atoms with E-state index in [-0.39, 0.29) is 0 Å². The van der Waals surface area contributed by atoms with Gasteiger partial charge in [0.15, 0.2) is 0 Å². The summed E-state index contributed by atoms with van der Waals surface area (Å²) in [5.74, 6) is 5.85. The predicted octanol–water partition coefficient (Wildman–Crippen LogP) is 1.26. The van der Waals surface area contributed by atoms with Crippen LogP contribution in [0.5, 0.6) is 0 Å². The Labute approximate surface area is 75.9 Å². The Morgan fingerprint density at radius 2 is 2.25 bits per heavy atom. The third kappa shape index (κ3) is 2.67. The van der Waals surface area contributed by atoms with Crippen molar-refractivity contribution in [3.63, 3.8) is 0 Å².